The Labute approximate surface area is 209 Å². The zero-order valence-corrected chi connectivity index (χ0v) is 22.7. The van der Waals surface area contributed by atoms with E-state index in [0.717, 1.165) is 12.8 Å². The molecule has 0 aliphatic heterocycles. The number of carbonyl (C=O) groups is 3. The summed E-state index contributed by atoms with van der Waals surface area (Å²) >= 11 is 0. The zero-order valence-electron chi connectivity index (χ0n) is 22.7. The van der Waals surface area contributed by atoms with Crippen molar-refractivity contribution >= 4 is 17.8 Å². The lowest BCUT2D eigenvalue weighted by molar-refractivity contribution is -0.142. The predicted octanol–water partition coefficient (Wildman–Crippen LogP) is 6.46. The van der Waals surface area contributed by atoms with Gasteiger partial charge in [-0.1, -0.05) is 117 Å². The fraction of sp³-hybridized carbons (Fsp3) is 0.893. The number of nitrogens with one attached hydrogen (secondary N) is 2. The van der Waals surface area contributed by atoms with Gasteiger partial charge in [0.05, 0.1) is 13.5 Å². The summed E-state index contributed by atoms with van der Waals surface area (Å²) in [7, 11) is 1.29. The van der Waals surface area contributed by atoms with Crippen molar-refractivity contribution in [2.45, 2.75) is 142 Å². The maximum atomic E-state index is 12.5. The molecule has 0 spiro atoms. The van der Waals surface area contributed by atoms with Crippen molar-refractivity contribution < 1.29 is 19.1 Å². The topological polar surface area (TPSA) is 84.5 Å². The first-order valence-corrected chi connectivity index (χ1v) is 14.1. The number of rotatable bonds is 23. The van der Waals surface area contributed by atoms with Crippen LogP contribution in [0, 0.1) is 5.92 Å². The van der Waals surface area contributed by atoms with Crippen molar-refractivity contribution in [1.29, 1.82) is 0 Å². The van der Waals surface area contributed by atoms with Crippen molar-refractivity contribution in [3.63, 3.8) is 0 Å². The number of carbonyl (C=O) groups excluding carboxylic acids is 3. The molecule has 0 aliphatic rings. The van der Waals surface area contributed by atoms with Crippen LogP contribution in [0.5, 0.6) is 0 Å². The summed E-state index contributed by atoms with van der Waals surface area (Å²) in [6.45, 7) is 6.71. The summed E-state index contributed by atoms with van der Waals surface area (Å²) in [6.07, 6.45) is 21.3. The van der Waals surface area contributed by atoms with E-state index in [0.29, 0.717) is 6.54 Å². The molecule has 6 nitrogen and oxygen atoms in total. The largest absolute Gasteiger partial charge is 0.469 e. The Morgan fingerprint density at radius 3 is 1.53 bits per heavy atom. The van der Waals surface area contributed by atoms with Gasteiger partial charge in [0, 0.05) is 13.0 Å². The molecule has 0 rings (SSSR count). The van der Waals surface area contributed by atoms with Crippen molar-refractivity contribution in [1.82, 2.24) is 10.6 Å². The van der Waals surface area contributed by atoms with E-state index in [1.807, 2.05) is 13.8 Å². The summed E-state index contributed by atoms with van der Waals surface area (Å²) in [4.78, 5) is 35.6. The van der Waals surface area contributed by atoms with E-state index in [4.69, 9.17) is 0 Å². The third-order valence-electron chi connectivity index (χ3n) is 6.38. The van der Waals surface area contributed by atoms with Gasteiger partial charge in [0.1, 0.15) is 6.04 Å². The molecule has 0 bridgehead atoms. The van der Waals surface area contributed by atoms with Crippen LogP contribution in [-0.2, 0) is 19.1 Å². The molecule has 0 aliphatic carbocycles. The quantitative estimate of drug-likeness (QED) is 0.129. The van der Waals surface area contributed by atoms with Crippen LogP contribution in [-0.4, -0.2) is 37.5 Å². The minimum Gasteiger partial charge on any atom is -0.469 e. The van der Waals surface area contributed by atoms with Crippen LogP contribution in [0.2, 0.25) is 0 Å². The summed E-state index contributed by atoms with van der Waals surface area (Å²) in [5.74, 6) is -0.902. The number of esters is 1. The van der Waals surface area contributed by atoms with Crippen LogP contribution in [0.15, 0.2) is 0 Å². The third kappa shape index (κ3) is 19.8. The molecule has 200 valence electrons. The Morgan fingerprint density at radius 2 is 1.12 bits per heavy atom. The van der Waals surface area contributed by atoms with E-state index in [2.05, 4.69) is 22.3 Å². The third-order valence-corrected chi connectivity index (χ3v) is 6.38. The normalized spacial score (nSPS) is 11.9. The lowest BCUT2D eigenvalue weighted by Crippen LogP contribution is -2.49. The highest BCUT2D eigenvalue weighted by atomic mass is 16.5. The predicted molar refractivity (Wildman–Crippen MR) is 141 cm³/mol. The first-order valence-electron chi connectivity index (χ1n) is 14.1. The van der Waals surface area contributed by atoms with Gasteiger partial charge in [-0.05, 0) is 12.3 Å². The SMILES string of the molecule is CCCCCCCCCCCCCCCCCCNC(=O)[C@@H](NC(=O)CCC(=O)OC)C(C)C. The molecule has 0 aromatic heterocycles. The second-order valence-corrected chi connectivity index (χ2v) is 9.96. The Hall–Kier alpha value is -1.59. The summed E-state index contributed by atoms with van der Waals surface area (Å²) in [6, 6.07) is -0.578. The molecular formula is C28H54N2O4. The number of hydrogen-bond acceptors (Lipinski definition) is 4. The molecule has 0 radical (unpaired) electrons. The monoisotopic (exact) mass is 482 g/mol. The van der Waals surface area contributed by atoms with Gasteiger partial charge < -0.3 is 15.4 Å². The molecule has 6 heteroatoms. The van der Waals surface area contributed by atoms with E-state index < -0.39 is 12.0 Å². The minimum atomic E-state index is -0.578. The average molecular weight is 483 g/mol. The number of ether oxygens (including phenoxy) is 1. The maximum absolute atomic E-state index is 12.5. The Morgan fingerprint density at radius 1 is 0.676 bits per heavy atom. The molecule has 0 saturated heterocycles. The fourth-order valence-electron chi connectivity index (χ4n) is 4.09. The first kappa shape index (κ1) is 32.4. The van der Waals surface area contributed by atoms with Gasteiger partial charge in [-0.15, -0.1) is 0 Å². The zero-order chi connectivity index (χ0) is 25.4. The highest BCUT2D eigenvalue weighted by Gasteiger charge is 2.23. The standard InChI is InChI=1S/C28H54N2O4/c1-5-6-7-8-9-10-11-12-13-14-15-16-17-18-19-20-23-29-28(33)27(24(2)3)30-25(31)21-22-26(32)34-4/h24,27H,5-23H2,1-4H3,(H,29,33)(H,30,31)/t27-/m0/s1. The summed E-state index contributed by atoms with van der Waals surface area (Å²) in [5, 5.41) is 5.69. The van der Waals surface area contributed by atoms with Crippen LogP contribution in [0.25, 0.3) is 0 Å². The van der Waals surface area contributed by atoms with Crippen molar-refractivity contribution in [2.75, 3.05) is 13.7 Å². The molecule has 0 unspecified atom stereocenters. The lowest BCUT2D eigenvalue weighted by atomic mass is 10.0. The van der Waals surface area contributed by atoms with Crippen molar-refractivity contribution in [3.05, 3.63) is 0 Å². The van der Waals surface area contributed by atoms with E-state index >= 15 is 0 Å². The van der Waals surface area contributed by atoms with Gasteiger partial charge in [-0.3, -0.25) is 14.4 Å². The number of hydrogen-bond donors (Lipinski definition) is 2. The molecule has 0 fully saturated rings. The van der Waals surface area contributed by atoms with Crippen LogP contribution < -0.4 is 10.6 Å². The Balaban J connectivity index is 3.63. The molecular weight excluding hydrogens is 428 g/mol. The molecule has 2 amide bonds. The molecule has 0 aromatic rings. The second-order valence-electron chi connectivity index (χ2n) is 9.96. The molecule has 34 heavy (non-hydrogen) atoms. The van der Waals surface area contributed by atoms with Gasteiger partial charge in [0.15, 0.2) is 0 Å². The number of methoxy groups -OCH3 is 1. The van der Waals surface area contributed by atoms with E-state index in [1.54, 1.807) is 0 Å². The van der Waals surface area contributed by atoms with E-state index in [-0.39, 0.29) is 30.6 Å². The fourth-order valence-corrected chi connectivity index (χ4v) is 4.09. The molecule has 0 saturated carbocycles. The van der Waals surface area contributed by atoms with E-state index in [9.17, 15) is 14.4 Å². The summed E-state index contributed by atoms with van der Waals surface area (Å²) < 4.78 is 4.55. The number of unbranched alkanes of at least 4 members (excludes halogenated alkanes) is 15. The highest BCUT2D eigenvalue weighted by Crippen LogP contribution is 2.13. The Bertz CT molecular complexity index is 523. The van der Waals surface area contributed by atoms with Crippen LogP contribution in [0.1, 0.15) is 136 Å². The lowest BCUT2D eigenvalue weighted by Gasteiger charge is -2.21. The smallest absolute Gasteiger partial charge is 0.306 e. The minimum absolute atomic E-state index is 0.0205. The van der Waals surface area contributed by atoms with Crippen molar-refractivity contribution in [2.24, 2.45) is 5.92 Å². The van der Waals surface area contributed by atoms with Crippen LogP contribution >= 0.6 is 0 Å². The summed E-state index contributed by atoms with van der Waals surface area (Å²) in [5.41, 5.74) is 0. The van der Waals surface area contributed by atoms with Gasteiger partial charge >= 0.3 is 5.97 Å². The van der Waals surface area contributed by atoms with Gasteiger partial charge in [-0.25, -0.2) is 0 Å². The van der Waals surface area contributed by atoms with Crippen molar-refractivity contribution in [3.8, 4) is 0 Å². The maximum Gasteiger partial charge on any atom is 0.306 e. The van der Waals surface area contributed by atoms with E-state index in [1.165, 1.54) is 97.0 Å². The van der Waals surface area contributed by atoms with Gasteiger partial charge in [0.25, 0.3) is 0 Å². The molecule has 0 heterocycles. The molecule has 1 atom stereocenters. The first-order chi connectivity index (χ1) is 16.4. The van der Waals surface area contributed by atoms with Gasteiger partial charge in [-0.2, -0.15) is 0 Å². The molecule has 0 aromatic carbocycles. The van der Waals surface area contributed by atoms with Crippen LogP contribution in [0.3, 0.4) is 0 Å². The average Bonchev–Trinajstić information content (AvgIpc) is 2.82. The van der Waals surface area contributed by atoms with Crippen LogP contribution in [0.4, 0.5) is 0 Å². The number of amides is 2. The second kappa shape index (κ2) is 23.2. The highest BCUT2D eigenvalue weighted by molar-refractivity contribution is 5.88. The molecule has 2 N–H and O–H groups in total. The van der Waals surface area contributed by atoms with Gasteiger partial charge in [0.2, 0.25) is 11.8 Å². The Kier molecular flexibility index (Phi) is 22.1.